The van der Waals surface area contributed by atoms with E-state index in [0.717, 1.165) is 25.7 Å². The summed E-state index contributed by atoms with van der Waals surface area (Å²) < 4.78 is 0. The van der Waals surface area contributed by atoms with E-state index in [-0.39, 0.29) is 23.9 Å². The van der Waals surface area contributed by atoms with Crippen molar-refractivity contribution in [1.29, 1.82) is 0 Å². The largest absolute Gasteiger partial charge is 0.393 e. The number of nitrogens with zero attached hydrogens (tertiary/aromatic N) is 1. The van der Waals surface area contributed by atoms with Crippen LogP contribution in [0.2, 0.25) is 0 Å². The fourth-order valence-electron chi connectivity index (χ4n) is 2.09. The lowest BCUT2D eigenvalue weighted by molar-refractivity contribution is 0.0868. The highest BCUT2D eigenvalue weighted by Gasteiger charge is 2.21. The van der Waals surface area contributed by atoms with E-state index in [1.165, 1.54) is 0 Å². The molecule has 5 nitrogen and oxygen atoms in total. The van der Waals surface area contributed by atoms with Crippen LogP contribution in [0.3, 0.4) is 0 Å². The number of aromatic nitrogens is 1. The maximum atomic E-state index is 11.9. The zero-order valence-electron chi connectivity index (χ0n) is 9.60. The van der Waals surface area contributed by atoms with Crippen LogP contribution in [0.1, 0.15) is 36.0 Å². The van der Waals surface area contributed by atoms with Gasteiger partial charge in [-0.15, -0.1) is 0 Å². The molecule has 2 rings (SSSR count). The Labute approximate surface area is 100 Å². The normalized spacial score (nSPS) is 24.3. The number of hydrogen-bond acceptors (Lipinski definition) is 4. The van der Waals surface area contributed by atoms with Crippen LogP contribution in [0.25, 0.3) is 0 Å². The van der Waals surface area contributed by atoms with Crippen molar-refractivity contribution in [3.63, 3.8) is 0 Å². The fraction of sp³-hybridized carbons (Fsp3) is 0.500. The lowest BCUT2D eigenvalue weighted by Crippen LogP contribution is -2.38. The number of nitrogen functional groups attached to an aromatic ring is 1. The van der Waals surface area contributed by atoms with Crippen LogP contribution in [0, 0.1) is 0 Å². The van der Waals surface area contributed by atoms with Gasteiger partial charge in [-0.05, 0) is 37.8 Å². The Morgan fingerprint density at radius 1 is 1.41 bits per heavy atom. The molecule has 1 fully saturated rings. The molecule has 0 atom stereocenters. The molecular formula is C12H17N3O2. The lowest BCUT2D eigenvalue weighted by Gasteiger charge is -2.26. The van der Waals surface area contributed by atoms with E-state index >= 15 is 0 Å². The summed E-state index contributed by atoms with van der Waals surface area (Å²) in [5.41, 5.74) is 6.05. The highest BCUT2D eigenvalue weighted by Crippen LogP contribution is 2.19. The Morgan fingerprint density at radius 3 is 2.76 bits per heavy atom. The first-order chi connectivity index (χ1) is 8.16. The van der Waals surface area contributed by atoms with Crippen molar-refractivity contribution in [3.8, 4) is 0 Å². The maximum absolute atomic E-state index is 11.9. The van der Waals surface area contributed by atoms with Crippen LogP contribution in [0.4, 0.5) is 5.82 Å². The van der Waals surface area contributed by atoms with Crippen molar-refractivity contribution in [2.24, 2.45) is 0 Å². The predicted molar refractivity (Wildman–Crippen MR) is 64.4 cm³/mol. The van der Waals surface area contributed by atoms with Gasteiger partial charge in [0.05, 0.1) is 11.7 Å². The van der Waals surface area contributed by atoms with Crippen LogP contribution in [0.15, 0.2) is 18.3 Å². The van der Waals surface area contributed by atoms with E-state index in [1.807, 2.05) is 0 Å². The number of anilines is 1. The minimum atomic E-state index is -0.216. The first-order valence-electron chi connectivity index (χ1n) is 5.86. The lowest BCUT2D eigenvalue weighted by atomic mass is 9.93. The zero-order chi connectivity index (χ0) is 12.3. The van der Waals surface area contributed by atoms with Crippen LogP contribution in [-0.2, 0) is 0 Å². The minimum absolute atomic E-state index is 0.130. The summed E-state index contributed by atoms with van der Waals surface area (Å²) in [5.74, 6) is 0.0674. The minimum Gasteiger partial charge on any atom is -0.393 e. The van der Waals surface area contributed by atoms with E-state index < -0.39 is 0 Å². The van der Waals surface area contributed by atoms with Gasteiger partial charge >= 0.3 is 0 Å². The molecule has 4 N–H and O–H groups in total. The summed E-state index contributed by atoms with van der Waals surface area (Å²) in [5, 5.41) is 12.3. The van der Waals surface area contributed by atoms with Crippen LogP contribution in [-0.4, -0.2) is 28.1 Å². The molecule has 0 spiro atoms. The highest BCUT2D eigenvalue weighted by atomic mass is 16.3. The Kier molecular flexibility index (Phi) is 3.58. The molecule has 0 radical (unpaired) electrons. The molecule has 5 heteroatoms. The van der Waals surface area contributed by atoms with Gasteiger partial charge in [0.1, 0.15) is 5.82 Å². The quantitative estimate of drug-likeness (QED) is 0.704. The summed E-state index contributed by atoms with van der Waals surface area (Å²) >= 11 is 0. The average Bonchev–Trinajstić information content (AvgIpc) is 2.32. The predicted octanol–water partition coefficient (Wildman–Crippen LogP) is 0.697. The number of nitrogens with one attached hydrogen (secondary N) is 1. The number of nitrogens with two attached hydrogens (primary N) is 1. The summed E-state index contributed by atoms with van der Waals surface area (Å²) in [6.07, 6.45) is 4.45. The van der Waals surface area contributed by atoms with Crippen LogP contribution < -0.4 is 11.1 Å². The van der Waals surface area contributed by atoms with Gasteiger partial charge in [0.25, 0.3) is 5.91 Å². The Hall–Kier alpha value is -1.62. The standard InChI is InChI=1S/C12H17N3O2/c13-11-10(2-1-7-14-11)12(17)15-8-3-5-9(16)6-4-8/h1-2,7-9,16H,3-6H2,(H2,13,14)(H,15,17). The van der Waals surface area contributed by atoms with Crippen molar-refractivity contribution >= 4 is 11.7 Å². The summed E-state index contributed by atoms with van der Waals surface area (Å²) in [6.45, 7) is 0. The van der Waals surface area contributed by atoms with Crippen molar-refractivity contribution in [3.05, 3.63) is 23.9 Å². The first kappa shape index (κ1) is 11.9. The van der Waals surface area contributed by atoms with Gasteiger partial charge in [-0.3, -0.25) is 4.79 Å². The molecule has 1 heterocycles. The van der Waals surface area contributed by atoms with E-state index in [1.54, 1.807) is 18.3 Å². The second kappa shape index (κ2) is 5.14. The molecule has 0 saturated heterocycles. The Bertz CT molecular complexity index is 400. The molecule has 1 aliphatic rings. The Morgan fingerprint density at radius 2 is 2.12 bits per heavy atom. The summed E-state index contributed by atoms with van der Waals surface area (Å²) in [7, 11) is 0. The molecule has 0 aromatic carbocycles. The maximum Gasteiger partial charge on any atom is 0.255 e. The molecule has 1 saturated carbocycles. The van der Waals surface area contributed by atoms with Crippen molar-refractivity contribution < 1.29 is 9.90 Å². The first-order valence-corrected chi connectivity index (χ1v) is 5.86. The van der Waals surface area contributed by atoms with Gasteiger partial charge in [-0.2, -0.15) is 0 Å². The highest BCUT2D eigenvalue weighted by molar-refractivity contribution is 5.98. The number of carbonyl (C=O) groups is 1. The molecule has 0 bridgehead atoms. The number of hydrogen-bond donors (Lipinski definition) is 3. The summed E-state index contributed by atoms with van der Waals surface area (Å²) in [6, 6.07) is 3.48. The molecule has 0 unspecified atom stereocenters. The van der Waals surface area contributed by atoms with Crippen LogP contribution >= 0.6 is 0 Å². The smallest absolute Gasteiger partial charge is 0.255 e. The third-order valence-corrected chi connectivity index (χ3v) is 3.12. The molecule has 0 aliphatic heterocycles. The van der Waals surface area contributed by atoms with Gasteiger partial charge in [0.2, 0.25) is 0 Å². The molecule has 17 heavy (non-hydrogen) atoms. The number of carbonyl (C=O) groups excluding carboxylic acids is 1. The van der Waals surface area contributed by atoms with Crippen molar-refractivity contribution in [1.82, 2.24) is 10.3 Å². The molecule has 1 aromatic rings. The van der Waals surface area contributed by atoms with Gasteiger partial charge in [-0.25, -0.2) is 4.98 Å². The van der Waals surface area contributed by atoms with Crippen molar-refractivity contribution in [2.75, 3.05) is 5.73 Å². The zero-order valence-corrected chi connectivity index (χ0v) is 9.60. The number of rotatable bonds is 2. The Balaban J connectivity index is 1.96. The summed E-state index contributed by atoms with van der Waals surface area (Å²) in [4.78, 5) is 15.8. The van der Waals surface area contributed by atoms with E-state index in [4.69, 9.17) is 5.73 Å². The number of aliphatic hydroxyl groups excluding tert-OH is 1. The molecule has 92 valence electrons. The van der Waals surface area contributed by atoms with Gasteiger partial charge in [0.15, 0.2) is 0 Å². The molecule has 1 aliphatic carbocycles. The number of pyridine rings is 1. The van der Waals surface area contributed by atoms with E-state index in [2.05, 4.69) is 10.3 Å². The van der Waals surface area contributed by atoms with E-state index in [9.17, 15) is 9.90 Å². The third-order valence-electron chi connectivity index (χ3n) is 3.12. The average molecular weight is 235 g/mol. The number of amides is 1. The van der Waals surface area contributed by atoms with Crippen molar-refractivity contribution in [2.45, 2.75) is 37.8 Å². The topological polar surface area (TPSA) is 88.2 Å². The number of aliphatic hydroxyl groups is 1. The molecule has 1 amide bonds. The second-order valence-electron chi connectivity index (χ2n) is 4.42. The van der Waals surface area contributed by atoms with Gasteiger partial charge in [0, 0.05) is 12.2 Å². The van der Waals surface area contributed by atoms with E-state index in [0.29, 0.717) is 5.56 Å². The fourth-order valence-corrected chi connectivity index (χ4v) is 2.09. The third kappa shape index (κ3) is 2.94. The van der Waals surface area contributed by atoms with Gasteiger partial charge in [-0.1, -0.05) is 0 Å². The second-order valence-corrected chi connectivity index (χ2v) is 4.42. The molecular weight excluding hydrogens is 218 g/mol. The monoisotopic (exact) mass is 235 g/mol. The molecule has 1 aromatic heterocycles. The van der Waals surface area contributed by atoms with Crippen LogP contribution in [0.5, 0.6) is 0 Å². The SMILES string of the molecule is Nc1ncccc1C(=O)NC1CCC(O)CC1. The van der Waals surface area contributed by atoms with Gasteiger partial charge < -0.3 is 16.2 Å².